The second-order valence-corrected chi connectivity index (χ2v) is 3.67. The fourth-order valence-electron chi connectivity index (χ4n) is 1.54. The van der Waals surface area contributed by atoms with Gasteiger partial charge >= 0.3 is 0 Å². The number of hydrazine groups is 1. The van der Waals surface area contributed by atoms with Gasteiger partial charge in [-0.05, 0) is 24.6 Å². The van der Waals surface area contributed by atoms with Crippen molar-refractivity contribution in [2.75, 3.05) is 5.43 Å². The van der Waals surface area contributed by atoms with Crippen LogP contribution in [0.2, 0.25) is 5.02 Å². The van der Waals surface area contributed by atoms with Crippen LogP contribution in [0, 0.1) is 6.92 Å². The zero-order valence-corrected chi connectivity index (χ0v) is 8.76. The number of hydrogen-bond acceptors (Lipinski definition) is 3. The largest absolute Gasteiger partial charge is 0.312 e. The molecular weight excluding hydrogens is 200 g/mol. The Bertz CT molecular complexity index is 489. The summed E-state index contributed by atoms with van der Waals surface area (Å²) < 4.78 is 1.87. The van der Waals surface area contributed by atoms with E-state index in [9.17, 15) is 0 Å². The summed E-state index contributed by atoms with van der Waals surface area (Å²) in [6.45, 7) is 1.97. The lowest BCUT2D eigenvalue weighted by atomic mass is 10.2. The maximum atomic E-state index is 5.96. The molecule has 0 aliphatic heterocycles. The summed E-state index contributed by atoms with van der Waals surface area (Å²) in [5, 5.41) is 0.710. The number of anilines is 1. The topological polar surface area (TPSA) is 55.9 Å². The van der Waals surface area contributed by atoms with Gasteiger partial charge in [-0.25, -0.2) is 10.8 Å². The molecule has 2 rings (SSSR count). The van der Waals surface area contributed by atoms with Crippen LogP contribution >= 0.6 is 11.6 Å². The number of hydrogen-bond donors (Lipinski definition) is 2. The van der Waals surface area contributed by atoms with Gasteiger partial charge in [0.05, 0.1) is 11.0 Å². The molecule has 0 bridgehead atoms. The summed E-state index contributed by atoms with van der Waals surface area (Å²) >= 11 is 5.96. The second-order valence-electron chi connectivity index (χ2n) is 3.23. The number of nitrogens with zero attached hydrogens (tertiary/aromatic N) is 2. The van der Waals surface area contributed by atoms with Gasteiger partial charge in [-0.1, -0.05) is 11.6 Å². The first kappa shape index (κ1) is 9.30. The van der Waals surface area contributed by atoms with Crippen LogP contribution in [-0.4, -0.2) is 9.55 Å². The third-order valence-corrected chi connectivity index (χ3v) is 2.49. The summed E-state index contributed by atoms with van der Waals surface area (Å²) in [6, 6.07) is 3.76. The highest BCUT2D eigenvalue weighted by molar-refractivity contribution is 6.31. The van der Waals surface area contributed by atoms with Gasteiger partial charge in [-0.2, -0.15) is 0 Å². The number of imidazole rings is 1. The van der Waals surface area contributed by atoms with E-state index in [4.69, 9.17) is 17.4 Å². The standard InChI is InChI=1S/C9H11ClN4/c1-5-3-6(10)4-7-8(5)12-9(13-11)14(7)2/h3-4H,11H2,1-2H3,(H,12,13). The third-order valence-electron chi connectivity index (χ3n) is 2.27. The van der Waals surface area contributed by atoms with Gasteiger partial charge in [0.1, 0.15) is 0 Å². The van der Waals surface area contributed by atoms with Gasteiger partial charge in [-0.15, -0.1) is 0 Å². The molecule has 0 radical (unpaired) electrons. The van der Waals surface area contributed by atoms with Gasteiger partial charge in [-0.3, -0.25) is 5.43 Å². The van der Waals surface area contributed by atoms with Gasteiger partial charge in [0.25, 0.3) is 0 Å². The minimum absolute atomic E-state index is 0.630. The minimum atomic E-state index is 0.630. The second kappa shape index (κ2) is 3.15. The van der Waals surface area contributed by atoms with Crippen molar-refractivity contribution in [3.05, 3.63) is 22.7 Å². The number of fused-ring (bicyclic) bond motifs is 1. The quantitative estimate of drug-likeness (QED) is 0.558. The maximum Gasteiger partial charge on any atom is 0.218 e. The average molecular weight is 211 g/mol. The predicted molar refractivity (Wildman–Crippen MR) is 58.3 cm³/mol. The molecule has 4 nitrogen and oxygen atoms in total. The van der Waals surface area contributed by atoms with Gasteiger partial charge in [0, 0.05) is 12.1 Å². The highest BCUT2D eigenvalue weighted by Gasteiger charge is 2.09. The number of rotatable bonds is 1. The molecule has 14 heavy (non-hydrogen) atoms. The summed E-state index contributed by atoms with van der Waals surface area (Å²) in [5.74, 6) is 5.97. The molecular formula is C9H11ClN4. The zero-order chi connectivity index (χ0) is 10.3. The normalized spacial score (nSPS) is 10.9. The lowest BCUT2D eigenvalue weighted by Crippen LogP contribution is -2.11. The predicted octanol–water partition coefficient (Wildman–Crippen LogP) is 1.82. The van der Waals surface area contributed by atoms with Crippen molar-refractivity contribution in [2.45, 2.75) is 6.92 Å². The summed E-state index contributed by atoms with van der Waals surface area (Å²) in [4.78, 5) is 4.34. The molecule has 0 amide bonds. The van der Waals surface area contributed by atoms with Crippen molar-refractivity contribution in [3.63, 3.8) is 0 Å². The Kier molecular flexibility index (Phi) is 2.09. The molecule has 1 aromatic heterocycles. The SMILES string of the molecule is Cc1cc(Cl)cc2c1nc(NN)n2C. The molecule has 0 aliphatic rings. The summed E-state index contributed by atoms with van der Waals surface area (Å²) in [6.07, 6.45) is 0. The molecule has 0 saturated carbocycles. The van der Waals surface area contributed by atoms with Crippen molar-refractivity contribution in [3.8, 4) is 0 Å². The monoisotopic (exact) mass is 210 g/mol. The van der Waals surface area contributed by atoms with Crippen LogP contribution in [0.1, 0.15) is 5.56 Å². The number of aryl methyl sites for hydroxylation is 2. The van der Waals surface area contributed by atoms with E-state index in [0.29, 0.717) is 11.0 Å². The van der Waals surface area contributed by atoms with Crippen molar-refractivity contribution in [1.29, 1.82) is 0 Å². The van der Waals surface area contributed by atoms with Crippen molar-refractivity contribution >= 4 is 28.6 Å². The van der Waals surface area contributed by atoms with E-state index >= 15 is 0 Å². The molecule has 74 valence electrons. The lowest BCUT2D eigenvalue weighted by Gasteiger charge is -2.00. The summed E-state index contributed by atoms with van der Waals surface area (Å²) in [5.41, 5.74) is 5.48. The van der Waals surface area contributed by atoms with Crippen LogP contribution in [0.5, 0.6) is 0 Å². The molecule has 0 atom stereocenters. The molecule has 5 heteroatoms. The fourth-order valence-corrected chi connectivity index (χ4v) is 1.81. The smallest absolute Gasteiger partial charge is 0.218 e. The first-order valence-electron chi connectivity index (χ1n) is 4.22. The van der Waals surface area contributed by atoms with Gasteiger partial charge in [0.15, 0.2) is 0 Å². The Morgan fingerprint density at radius 2 is 2.21 bits per heavy atom. The molecule has 0 saturated heterocycles. The molecule has 1 heterocycles. The number of nitrogens with one attached hydrogen (secondary N) is 1. The van der Waals surface area contributed by atoms with Gasteiger partial charge < -0.3 is 4.57 Å². The highest BCUT2D eigenvalue weighted by atomic mass is 35.5. The Hall–Kier alpha value is -1.26. The van der Waals surface area contributed by atoms with E-state index in [-0.39, 0.29) is 0 Å². The molecule has 0 fully saturated rings. The molecule has 0 spiro atoms. The van der Waals surface area contributed by atoms with Crippen LogP contribution in [0.15, 0.2) is 12.1 Å². The Labute approximate surface area is 86.6 Å². The number of halogens is 1. The summed E-state index contributed by atoms with van der Waals surface area (Å²) in [7, 11) is 1.89. The molecule has 1 aromatic carbocycles. The van der Waals surface area contributed by atoms with Gasteiger partial charge in [0.2, 0.25) is 5.95 Å². The van der Waals surface area contributed by atoms with Crippen molar-refractivity contribution < 1.29 is 0 Å². The van der Waals surface area contributed by atoms with E-state index in [1.165, 1.54) is 0 Å². The number of nitrogens with two attached hydrogens (primary N) is 1. The first-order chi connectivity index (χ1) is 6.63. The Morgan fingerprint density at radius 1 is 1.50 bits per heavy atom. The van der Waals surface area contributed by atoms with Crippen LogP contribution in [0.3, 0.4) is 0 Å². The Morgan fingerprint density at radius 3 is 2.86 bits per heavy atom. The average Bonchev–Trinajstić information content (AvgIpc) is 2.44. The molecule has 0 aliphatic carbocycles. The van der Waals surface area contributed by atoms with Crippen LogP contribution in [0.25, 0.3) is 11.0 Å². The fraction of sp³-hybridized carbons (Fsp3) is 0.222. The van der Waals surface area contributed by atoms with Crippen molar-refractivity contribution in [2.24, 2.45) is 12.9 Å². The number of aromatic nitrogens is 2. The maximum absolute atomic E-state index is 5.96. The van der Waals surface area contributed by atoms with E-state index in [1.807, 2.05) is 30.7 Å². The number of nitrogen functional groups attached to an aromatic ring is 1. The van der Waals surface area contributed by atoms with Crippen LogP contribution in [-0.2, 0) is 7.05 Å². The first-order valence-corrected chi connectivity index (χ1v) is 4.60. The number of benzene rings is 1. The van der Waals surface area contributed by atoms with Crippen LogP contribution in [0.4, 0.5) is 5.95 Å². The van der Waals surface area contributed by atoms with Crippen molar-refractivity contribution in [1.82, 2.24) is 9.55 Å². The Balaban J connectivity index is 2.85. The van der Waals surface area contributed by atoms with Crippen LogP contribution < -0.4 is 11.3 Å². The zero-order valence-electron chi connectivity index (χ0n) is 8.00. The van der Waals surface area contributed by atoms with E-state index in [0.717, 1.165) is 16.6 Å². The lowest BCUT2D eigenvalue weighted by molar-refractivity contribution is 0.942. The molecule has 2 aromatic rings. The third kappa shape index (κ3) is 1.23. The van der Waals surface area contributed by atoms with E-state index in [2.05, 4.69) is 10.4 Å². The minimum Gasteiger partial charge on any atom is -0.312 e. The molecule has 3 N–H and O–H groups in total. The molecule has 0 unspecified atom stereocenters. The highest BCUT2D eigenvalue weighted by Crippen LogP contribution is 2.24. The van der Waals surface area contributed by atoms with E-state index < -0.39 is 0 Å². The van der Waals surface area contributed by atoms with E-state index in [1.54, 1.807) is 0 Å².